The molecule has 122 valence electrons. The van der Waals surface area contributed by atoms with Crippen LogP contribution in [-0.4, -0.2) is 36.0 Å². The summed E-state index contributed by atoms with van der Waals surface area (Å²) in [6.07, 6.45) is 0. The number of likely N-dealkylation sites (N-methyl/N-ethyl adjacent to an activating group) is 1. The van der Waals surface area contributed by atoms with Gasteiger partial charge >= 0.3 is 0 Å². The zero-order chi connectivity index (χ0) is 17.1. The molecular formula is C18H18N4O2. The van der Waals surface area contributed by atoms with Gasteiger partial charge in [-0.05, 0) is 24.7 Å². The molecule has 1 aliphatic heterocycles. The van der Waals surface area contributed by atoms with Crippen molar-refractivity contribution in [2.45, 2.75) is 12.0 Å². The highest BCUT2D eigenvalue weighted by molar-refractivity contribution is 5.64. The molecule has 2 unspecified atom stereocenters. The minimum Gasteiger partial charge on any atom is -0.375 e. The Labute approximate surface area is 140 Å². The number of nitrogens with zero attached hydrogens (tertiary/aromatic N) is 3. The molecule has 0 amide bonds. The fourth-order valence-corrected chi connectivity index (χ4v) is 3.26. The summed E-state index contributed by atoms with van der Waals surface area (Å²) < 4.78 is 0. The van der Waals surface area contributed by atoms with Crippen molar-refractivity contribution < 1.29 is 4.92 Å². The predicted molar refractivity (Wildman–Crippen MR) is 91.9 cm³/mol. The van der Waals surface area contributed by atoms with Crippen LogP contribution < -0.4 is 5.32 Å². The number of hydrogen-bond donors (Lipinski definition) is 1. The summed E-state index contributed by atoms with van der Waals surface area (Å²) in [4.78, 5) is 13.1. The molecule has 3 rings (SSSR count). The van der Waals surface area contributed by atoms with Crippen LogP contribution >= 0.6 is 0 Å². The molecule has 2 aromatic carbocycles. The molecule has 2 atom stereocenters. The van der Waals surface area contributed by atoms with E-state index in [-0.39, 0.29) is 23.2 Å². The third-order valence-corrected chi connectivity index (χ3v) is 4.39. The van der Waals surface area contributed by atoms with Gasteiger partial charge in [-0.3, -0.25) is 10.1 Å². The number of rotatable bonds is 4. The van der Waals surface area contributed by atoms with Gasteiger partial charge in [0.1, 0.15) is 5.69 Å². The van der Waals surface area contributed by atoms with Gasteiger partial charge in [-0.1, -0.05) is 30.3 Å². The van der Waals surface area contributed by atoms with E-state index in [4.69, 9.17) is 5.26 Å². The number of anilines is 1. The molecule has 1 heterocycles. The van der Waals surface area contributed by atoms with Gasteiger partial charge in [0, 0.05) is 31.1 Å². The van der Waals surface area contributed by atoms with Crippen molar-refractivity contribution in [1.29, 1.82) is 5.26 Å². The van der Waals surface area contributed by atoms with Crippen LogP contribution in [0.1, 0.15) is 17.0 Å². The Morgan fingerprint density at radius 3 is 2.67 bits per heavy atom. The Kier molecular flexibility index (Phi) is 4.45. The summed E-state index contributed by atoms with van der Waals surface area (Å²) in [5, 5.41) is 23.6. The molecule has 6 nitrogen and oxygen atoms in total. The first-order valence-corrected chi connectivity index (χ1v) is 7.77. The van der Waals surface area contributed by atoms with E-state index in [1.807, 2.05) is 31.3 Å². The first kappa shape index (κ1) is 16.0. The minimum absolute atomic E-state index is 0.0598. The second-order valence-electron chi connectivity index (χ2n) is 6.09. The highest BCUT2D eigenvalue weighted by Crippen LogP contribution is 2.32. The van der Waals surface area contributed by atoms with Gasteiger partial charge in [-0.2, -0.15) is 5.26 Å². The van der Waals surface area contributed by atoms with Gasteiger partial charge in [0.05, 0.1) is 16.6 Å². The van der Waals surface area contributed by atoms with Crippen LogP contribution in [0.4, 0.5) is 11.4 Å². The molecule has 1 N–H and O–H groups in total. The number of likely N-dealkylation sites (tertiary alicyclic amines) is 1. The highest BCUT2D eigenvalue weighted by Gasteiger charge is 2.33. The second-order valence-corrected chi connectivity index (χ2v) is 6.09. The summed E-state index contributed by atoms with van der Waals surface area (Å²) in [6.45, 7) is 1.70. The van der Waals surface area contributed by atoms with E-state index in [0.29, 0.717) is 5.69 Å². The van der Waals surface area contributed by atoms with Crippen molar-refractivity contribution in [2.24, 2.45) is 0 Å². The Bertz CT molecular complexity index is 785. The number of nitrogens with one attached hydrogen (secondary N) is 1. The lowest BCUT2D eigenvalue weighted by atomic mass is 9.94. The lowest BCUT2D eigenvalue weighted by Crippen LogP contribution is -2.27. The van der Waals surface area contributed by atoms with E-state index in [2.05, 4.69) is 22.3 Å². The molecule has 0 aromatic heterocycles. The molecule has 1 fully saturated rings. The maximum absolute atomic E-state index is 11.3. The van der Waals surface area contributed by atoms with Gasteiger partial charge in [-0.15, -0.1) is 0 Å². The zero-order valence-corrected chi connectivity index (χ0v) is 13.3. The molecule has 1 saturated heterocycles. The summed E-state index contributed by atoms with van der Waals surface area (Å²) in [5.74, 6) is 0.256. The number of nitro groups is 1. The number of benzene rings is 2. The van der Waals surface area contributed by atoms with Crippen molar-refractivity contribution in [1.82, 2.24) is 4.90 Å². The predicted octanol–water partition coefficient (Wildman–Crippen LogP) is 2.98. The molecule has 0 spiro atoms. The zero-order valence-electron chi connectivity index (χ0n) is 13.3. The smallest absolute Gasteiger partial charge is 0.293 e. The monoisotopic (exact) mass is 322 g/mol. The van der Waals surface area contributed by atoms with E-state index >= 15 is 0 Å². The summed E-state index contributed by atoms with van der Waals surface area (Å²) in [6, 6.07) is 16.7. The van der Waals surface area contributed by atoms with Crippen LogP contribution in [-0.2, 0) is 0 Å². The Morgan fingerprint density at radius 2 is 2.00 bits per heavy atom. The first-order valence-electron chi connectivity index (χ1n) is 7.77. The van der Waals surface area contributed by atoms with Crippen LogP contribution in [0.25, 0.3) is 0 Å². The van der Waals surface area contributed by atoms with Crippen LogP contribution in [0.3, 0.4) is 0 Å². The number of hydrogen-bond acceptors (Lipinski definition) is 5. The van der Waals surface area contributed by atoms with Crippen LogP contribution in [0.15, 0.2) is 48.5 Å². The van der Waals surface area contributed by atoms with Crippen molar-refractivity contribution in [3.8, 4) is 6.07 Å². The van der Waals surface area contributed by atoms with E-state index in [9.17, 15) is 10.1 Å². The Balaban J connectivity index is 1.89. The van der Waals surface area contributed by atoms with Crippen molar-refractivity contribution >= 4 is 11.4 Å². The first-order chi connectivity index (χ1) is 11.6. The van der Waals surface area contributed by atoms with Crippen LogP contribution in [0, 0.1) is 21.4 Å². The molecule has 2 aromatic rings. The fourth-order valence-electron chi connectivity index (χ4n) is 3.26. The molecule has 6 heteroatoms. The van der Waals surface area contributed by atoms with Crippen molar-refractivity contribution in [3.63, 3.8) is 0 Å². The van der Waals surface area contributed by atoms with E-state index < -0.39 is 4.92 Å². The maximum atomic E-state index is 11.3. The maximum Gasteiger partial charge on any atom is 0.293 e. The lowest BCUT2D eigenvalue weighted by molar-refractivity contribution is -0.384. The minimum atomic E-state index is -0.445. The van der Waals surface area contributed by atoms with Gasteiger partial charge in [-0.25, -0.2) is 0 Å². The molecule has 0 saturated carbocycles. The van der Waals surface area contributed by atoms with Gasteiger partial charge in [0.2, 0.25) is 0 Å². The number of nitro benzene ring substituents is 1. The molecule has 0 radical (unpaired) electrons. The van der Waals surface area contributed by atoms with Gasteiger partial charge < -0.3 is 10.2 Å². The quantitative estimate of drug-likeness (QED) is 0.691. The van der Waals surface area contributed by atoms with Crippen LogP contribution in [0.2, 0.25) is 0 Å². The average molecular weight is 322 g/mol. The van der Waals surface area contributed by atoms with E-state index in [1.54, 1.807) is 12.1 Å². The van der Waals surface area contributed by atoms with Crippen molar-refractivity contribution in [3.05, 3.63) is 69.8 Å². The summed E-state index contributed by atoms with van der Waals surface area (Å²) in [5.41, 5.74) is 1.90. The lowest BCUT2D eigenvalue weighted by Gasteiger charge is -2.21. The second kappa shape index (κ2) is 6.69. The third kappa shape index (κ3) is 3.21. The SMILES string of the molecule is CN1CC(Nc2ccc(C#N)cc2[N+](=O)[O-])C(c2ccccc2)C1. The highest BCUT2D eigenvalue weighted by atomic mass is 16.6. The summed E-state index contributed by atoms with van der Waals surface area (Å²) in [7, 11) is 2.05. The summed E-state index contributed by atoms with van der Waals surface area (Å²) >= 11 is 0. The third-order valence-electron chi connectivity index (χ3n) is 4.39. The Morgan fingerprint density at radius 1 is 1.25 bits per heavy atom. The molecule has 24 heavy (non-hydrogen) atoms. The van der Waals surface area contributed by atoms with E-state index in [1.165, 1.54) is 11.6 Å². The molecular weight excluding hydrogens is 304 g/mol. The number of nitriles is 1. The molecule has 0 bridgehead atoms. The fraction of sp³-hybridized carbons (Fsp3) is 0.278. The van der Waals surface area contributed by atoms with Gasteiger partial charge in [0.15, 0.2) is 0 Å². The average Bonchev–Trinajstić information content (AvgIpc) is 2.96. The standard InChI is InChI=1S/C18H18N4O2/c1-21-11-15(14-5-3-2-4-6-14)17(12-21)20-16-8-7-13(10-19)9-18(16)22(23)24/h2-9,15,17,20H,11-12H2,1H3. The molecule has 0 aliphatic carbocycles. The molecule has 1 aliphatic rings. The largest absolute Gasteiger partial charge is 0.375 e. The topological polar surface area (TPSA) is 82.2 Å². The van der Waals surface area contributed by atoms with Gasteiger partial charge in [0.25, 0.3) is 5.69 Å². The Hall–Kier alpha value is -2.91. The van der Waals surface area contributed by atoms with Crippen molar-refractivity contribution in [2.75, 3.05) is 25.5 Å². The van der Waals surface area contributed by atoms with Crippen LogP contribution in [0.5, 0.6) is 0 Å². The van der Waals surface area contributed by atoms with E-state index in [0.717, 1.165) is 13.1 Å². The normalized spacial score (nSPS) is 20.5.